The normalized spacial score (nSPS) is 17.8. The maximum atomic E-state index is 6.98. The minimum absolute atomic E-state index is 0.189. The van der Waals surface area contributed by atoms with E-state index in [0.29, 0.717) is 5.54 Å². The van der Waals surface area contributed by atoms with Gasteiger partial charge in [0.05, 0.1) is 0 Å². The van der Waals surface area contributed by atoms with Gasteiger partial charge in [-0.05, 0) is 148 Å². The van der Waals surface area contributed by atoms with Crippen LogP contribution in [0.2, 0.25) is 13.1 Å². The van der Waals surface area contributed by atoms with E-state index >= 15 is 0 Å². The largest absolute Gasteiger partial charge is 0.167 e. The molecule has 8 rings (SSSR count). The van der Waals surface area contributed by atoms with Crippen molar-refractivity contribution in [2.75, 3.05) is 0 Å². The molecule has 0 saturated heterocycles. The third-order valence-corrected chi connectivity index (χ3v) is 14.6. The molecule has 2 heteroatoms. The third kappa shape index (κ3) is 6.54. The van der Waals surface area contributed by atoms with Crippen molar-refractivity contribution in [2.45, 2.75) is 130 Å². The van der Waals surface area contributed by atoms with E-state index in [9.17, 15) is 0 Å². The molecular weight excluding hydrogens is 640 g/mol. The smallest absolute Gasteiger partial charge is 0.161 e. The zero-order valence-corrected chi connectivity index (χ0v) is 34.1. The lowest BCUT2D eigenvalue weighted by Gasteiger charge is -2.26. The summed E-state index contributed by atoms with van der Waals surface area (Å²) in [5, 5.41) is 0. The number of allylic oxidation sites excluding steroid dienone is 2. The molecular formula is C48H57ClSi. The van der Waals surface area contributed by atoms with E-state index in [1.165, 1.54) is 94.2 Å². The van der Waals surface area contributed by atoms with Gasteiger partial charge in [0.1, 0.15) is 0 Å². The van der Waals surface area contributed by atoms with Gasteiger partial charge in [-0.15, -0.1) is 0 Å². The van der Waals surface area contributed by atoms with Gasteiger partial charge in [0.25, 0.3) is 0 Å². The highest BCUT2D eigenvalue weighted by atomic mass is 35.6. The van der Waals surface area contributed by atoms with E-state index in [1.807, 2.05) is 0 Å². The molecule has 260 valence electrons. The topological polar surface area (TPSA) is 0 Å². The van der Waals surface area contributed by atoms with Gasteiger partial charge in [0.2, 0.25) is 0 Å². The number of hydrogen-bond donors (Lipinski definition) is 0. The van der Waals surface area contributed by atoms with Crippen LogP contribution < -0.4 is 0 Å². The van der Waals surface area contributed by atoms with Crippen molar-refractivity contribution < 1.29 is 0 Å². The second-order valence-corrected chi connectivity index (χ2v) is 24.9. The summed E-state index contributed by atoms with van der Waals surface area (Å²) in [7, 11) is -1.82. The molecule has 0 radical (unpaired) electrons. The number of rotatable bonds is 3. The minimum Gasteiger partial charge on any atom is -0.167 e. The zero-order chi connectivity index (χ0) is 35.7. The Morgan fingerprint density at radius 3 is 1.64 bits per heavy atom. The summed E-state index contributed by atoms with van der Waals surface area (Å²) in [5.41, 5.74) is 24.7. The standard InChI is InChI=1S/C25H31ClSi.C23H26/c1-16-14-21-22(24(16)27(5,6)26)15-18-8-7-9-20(18)23(21)17-10-12-19(13-11-17)25(2,3)4;1-15-12-18-14-17-6-5-7-20(17)22(21(18)13-15)16-8-10-19(11-9-16)23(2,3)4/h10-15,24H,7-9H2,1-6H3;8-12,14H,5-7,13H2,1-4H3. The number of aryl methyl sites for hydroxylation is 2. The Labute approximate surface area is 308 Å². The highest BCUT2D eigenvalue weighted by molar-refractivity contribution is 7.20. The Morgan fingerprint density at radius 2 is 1.12 bits per heavy atom. The molecule has 4 aliphatic rings. The van der Waals surface area contributed by atoms with Gasteiger partial charge >= 0.3 is 0 Å². The SMILES string of the molecule is CC1=Cc2c(cc3c(c2-c2ccc(C(C)(C)C)cc2)CCC3)C1[Si](C)(C)Cl.CC1=Cc2cc3c(c(-c4ccc(C(C)(C)C)cc4)c2C1)CCC3. The van der Waals surface area contributed by atoms with E-state index in [1.54, 1.807) is 33.4 Å². The van der Waals surface area contributed by atoms with Crippen LogP contribution in [0.3, 0.4) is 0 Å². The summed E-state index contributed by atoms with van der Waals surface area (Å²) in [5.74, 6) is 0. The van der Waals surface area contributed by atoms with Crippen LogP contribution in [-0.2, 0) is 42.9 Å². The molecule has 1 unspecified atom stereocenters. The first-order valence-corrected chi connectivity index (χ1v) is 23.2. The average Bonchev–Trinajstić information content (AvgIpc) is 3.83. The second kappa shape index (κ2) is 12.8. The van der Waals surface area contributed by atoms with E-state index in [4.69, 9.17) is 11.1 Å². The van der Waals surface area contributed by atoms with E-state index < -0.39 is 7.38 Å². The second-order valence-electron chi connectivity index (χ2n) is 18.3. The Balaban J connectivity index is 0.000000159. The van der Waals surface area contributed by atoms with Crippen molar-refractivity contribution in [3.8, 4) is 22.3 Å². The van der Waals surface area contributed by atoms with Crippen molar-refractivity contribution in [1.29, 1.82) is 0 Å². The molecule has 1 atom stereocenters. The number of halogens is 1. The van der Waals surface area contributed by atoms with Crippen LogP contribution in [0, 0.1) is 0 Å². The minimum atomic E-state index is -1.82. The zero-order valence-electron chi connectivity index (χ0n) is 32.3. The van der Waals surface area contributed by atoms with Gasteiger partial charge in [-0.25, -0.2) is 0 Å². The molecule has 0 bridgehead atoms. The van der Waals surface area contributed by atoms with Crippen LogP contribution >= 0.6 is 11.1 Å². The summed E-state index contributed by atoms with van der Waals surface area (Å²) in [6.45, 7) is 22.8. The van der Waals surface area contributed by atoms with Crippen LogP contribution in [0.4, 0.5) is 0 Å². The Kier molecular flexibility index (Phi) is 9.04. The molecule has 0 nitrogen and oxygen atoms in total. The summed E-state index contributed by atoms with van der Waals surface area (Å²) in [6, 6.07) is 23.6. The first-order valence-electron chi connectivity index (χ1n) is 19.1. The van der Waals surface area contributed by atoms with Crippen molar-refractivity contribution in [3.05, 3.63) is 127 Å². The van der Waals surface area contributed by atoms with Crippen LogP contribution in [0.15, 0.2) is 71.8 Å². The van der Waals surface area contributed by atoms with Crippen LogP contribution in [0.1, 0.15) is 129 Å². The number of benzene rings is 4. The number of hydrogen-bond acceptors (Lipinski definition) is 0. The third-order valence-electron chi connectivity index (χ3n) is 11.8. The molecule has 0 heterocycles. The van der Waals surface area contributed by atoms with Crippen LogP contribution in [0.5, 0.6) is 0 Å². The van der Waals surface area contributed by atoms with E-state index in [0.717, 1.165) is 6.42 Å². The quantitative estimate of drug-likeness (QED) is 0.148. The molecule has 0 aliphatic heterocycles. The molecule has 0 N–H and O–H groups in total. The van der Waals surface area contributed by atoms with Crippen molar-refractivity contribution in [2.24, 2.45) is 0 Å². The number of fused-ring (bicyclic) bond motifs is 4. The summed E-state index contributed by atoms with van der Waals surface area (Å²) in [6.07, 6.45) is 13.5. The lowest BCUT2D eigenvalue weighted by atomic mass is 9.84. The molecule has 4 aromatic carbocycles. The maximum absolute atomic E-state index is 6.98. The Hall–Kier alpha value is -3.13. The van der Waals surface area contributed by atoms with Crippen molar-refractivity contribution >= 4 is 30.6 Å². The molecule has 0 spiro atoms. The molecule has 0 saturated carbocycles. The first-order chi connectivity index (χ1) is 23.5. The molecule has 4 aliphatic carbocycles. The predicted octanol–water partition coefficient (Wildman–Crippen LogP) is 13.7. The molecule has 0 fully saturated rings. The Bertz CT molecular complexity index is 2020. The van der Waals surface area contributed by atoms with Gasteiger partial charge in [-0.1, -0.05) is 139 Å². The van der Waals surface area contributed by atoms with Crippen molar-refractivity contribution in [3.63, 3.8) is 0 Å². The van der Waals surface area contributed by atoms with Gasteiger partial charge < -0.3 is 0 Å². The maximum Gasteiger partial charge on any atom is 0.161 e. The molecule has 4 aromatic rings. The van der Waals surface area contributed by atoms with Gasteiger partial charge in [0.15, 0.2) is 7.38 Å². The first kappa shape index (κ1) is 35.3. The van der Waals surface area contributed by atoms with Crippen LogP contribution in [-0.4, -0.2) is 7.38 Å². The van der Waals surface area contributed by atoms with Crippen molar-refractivity contribution in [1.82, 2.24) is 0 Å². The van der Waals surface area contributed by atoms with Gasteiger partial charge in [0, 0.05) is 5.54 Å². The fourth-order valence-corrected chi connectivity index (χ4v) is 12.3. The summed E-state index contributed by atoms with van der Waals surface area (Å²) in [4.78, 5) is 0. The predicted molar refractivity (Wildman–Crippen MR) is 222 cm³/mol. The van der Waals surface area contributed by atoms with Gasteiger partial charge in [-0.2, -0.15) is 11.1 Å². The Morgan fingerprint density at radius 1 is 0.620 bits per heavy atom. The average molecular weight is 698 g/mol. The van der Waals surface area contributed by atoms with Gasteiger partial charge in [-0.3, -0.25) is 0 Å². The monoisotopic (exact) mass is 696 g/mol. The molecule has 0 aromatic heterocycles. The summed E-state index contributed by atoms with van der Waals surface area (Å²) < 4.78 is 0. The van der Waals surface area contributed by atoms with E-state index in [2.05, 4.69) is 141 Å². The highest BCUT2D eigenvalue weighted by Crippen LogP contribution is 2.50. The fourth-order valence-electron chi connectivity index (χ4n) is 9.33. The molecule has 50 heavy (non-hydrogen) atoms. The van der Waals surface area contributed by atoms with Crippen LogP contribution in [0.25, 0.3) is 34.4 Å². The fraction of sp³-hybridized carbons (Fsp3) is 0.417. The lowest BCUT2D eigenvalue weighted by Crippen LogP contribution is -2.28. The highest BCUT2D eigenvalue weighted by Gasteiger charge is 2.39. The van der Waals surface area contributed by atoms with E-state index in [-0.39, 0.29) is 10.8 Å². The summed E-state index contributed by atoms with van der Waals surface area (Å²) >= 11 is 6.98. The lowest BCUT2D eigenvalue weighted by molar-refractivity contribution is 0.590. The molecule has 0 amide bonds.